The molecule has 194 valence electrons. The second kappa shape index (κ2) is 13.0. The standard InChI is InChI=1S/C18H23N9O9/c1-7(29)32-13-4-10(6-28)35-18(14(13)24-27-21)36-16-12(23-26-20)5-11(22-25-19)15(33-8(2)30)17(16)34-9(3)31/h4,11-18,28H,5-6H2,1-3H3/t11-,12+,13+,14-,15+,16-,17-,18-/m1/s1. The monoisotopic (exact) mass is 509 g/mol. The summed E-state index contributed by atoms with van der Waals surface area (Å²) in [5.41, 5.74) is 27.1. The molecule has 1 aliphatic heterocycles. The first kappa shape index (κ1) is 28.0. The summed E-state index contributed by atoms with van der Waals surface area (Å²) in [6.07, 6.45) is -5.96. The maximum atomic E-state index is 11.9. The Bertz CT molecular complexity index is 1030. The predicted molar refractivity (Wildman–Crippen MR) is 115 cm³/mol. The van der Waals surface area contributed by atoms with Gasteiger partial charge < -0.3 is 28.8 Å². The van der Waals surface area contributed by atoms with Crippen LogP contribution in [0.1, 0.15) is 27.2 Å². The van der Waals surface area contributed by atoms with Crippen molar-refractivity contribution >= 4 is 17.9 Å². The molecule has 18 heteroatoms. The largest absolute Gasteiger partial charge is 0.466 e. The number of aliphatic hydroxyl groups excluding tert-OH is 1. The zero-order chi connectivity index (χ0) is 26.8. The van der Waals surface area contributed by atoms with E-state index in [1.54, 1.807) is 0 Å². The van der Waals surface area contributed by atoms with E-state index in [0.717, 1.165) is 20.8 Å². The molecule has 1 saturated carbocycles. The van der Waals surface area contributed by atoms with Gasteiger partial charge in [-0.05, 0) is 29.1 Å². The Hall–Kier alpha value is -4.20. The SMILES string of the molecule is CC(=O)O[C@@H]1[C@@H](OC(C)=O)[C@H](N=[N+]=[N-])C[C@H](N=[N+]=[N-])[C@H]1O[C@H]1OC(CO)=C[C@H](OC(C)=O)[C@H]1N=[N+]=[N-]. The average Bonchev–Trinajstić information content (AvgIpc) is 2.79. The highest BCUT2D eigenvalue weighted by Crippen LogP contribution is 2.35. The minimum atomic E-state index is -1.55. The summed E-state index contributed by atoms with van der Waals surface area (Å²) < 4.78 is 27.3. The van der Waals surface area contributed by atoms with Crippen LogP contribution in [0.15, 0.2) is 27.2 Å². The molecular formula is C18H23N9O9. The van der Waals surface area contributed by atoms with E-state index < -0.39 is 73.3 Å². The van der Waals surface area contributed by atoms with Gasteiger partial charge in [0.05, 0.1) is 12.1 Å². The molecule has 36 heavy (non-hydrogen) atoms. The molecule has 2 aliphatic rings. The van der Waals surface area contributed by atoms with Crippen LogP contribution in [0.3, 0.4) is 0 Å². The van der Waals surface area contributed by atoms with Gasteiger partial charge in [-0.1, -0.05) is 15.3 Å². The van der Waals surface area contributed by atoms with Gasteiger partial charge in [-0.3, -0.25) is 14.4 Å². The van der Waals surface area contributed by atoms with Crippen molar-refractivity contribution in [2.75, 3.05) is 6.61 Å². The molecule has 0 bridgehead atoms. The Balaban J connectivity index is 2.57. The van der Waals surface area contributed by atoms with E-state index in [1.165, 1.54) is 6.08 Å². The van der Waals surface area contributed by atoms with Crippen molar-refractivity contribution in [3.63, 3.8) is 0 Å². The molecule has 1 heterocycles. The third kappa shape index (κ3) is 7.15. The van der Waals surface area contributed by atoms with Crippen LogP contribution in [0.4, 0.5) is 0 Å². The minimum absolute atomic E-state index is 0.0979. The molecule has 8 atom stereocenters. The topological polar surface area (TPSA) is 264 Å². The second-order valence-corrected chi connectivity index (χ2v) is 7.58. The van der Waals surface area contributed by atoms with E-state index in [4.69, 9.17) is 40.3 Å². The summed E-state index contributed by atoms with van der Waals surface area (Å²) in [6, 6.07) is -3.60. The summed E-state index contributed by atoms with van der Waals surface area (Å²) >= 11 is 0. The zero-order valence-corrected chi connectivity index (χ0v) is 19.3. The fraction of sp³-hybridized carbons (Fsp3) is 0.722. The average molecular weight is 509 g/mol. The van der Waals surface area contributed by atoms with Crippen molar-refractivity contribution in [3.8, 4) is 0 Å². The number of aliphatic hydroxyl groups is 1. The Morgan fingerprint density at radius 3 is 1.94 bits per heavy atom. The van der Waals surface area contributed by atoms with Crippen molar-refractivity contribution in [2.24, 2.45) is 15.3 Å². The number of nitrogens with zero attached hydrogens (tertiary/aromatic N) is 9. The number of ether oxygens (including phenoxy) is 5. The molecule has 2 rings (SSSR count). The van der Waals surface area contributed by atoms with E-state index in [1.807, 2.05) is 0 Å². The first-order valence-corrected chi connectivity index (χ1v) is 10.4. The lowest BCUT2D eigenvalue weighted by molar-refractivity contribution is -0.237. The molecule has 0 saturated heterocycles. The van der Waals surface area contributed by atoms with Crippen LogP contribution >= 0.6 is 0 Å². The minimum Gasteiger partial charge on any atom is -0.466 e. The van der Waals surface area contributed by atoms with Crippen molar-refractivity contribution in [2.45, 2.75) is 76.0 Å². The number of esters is 3. The van der Waals surface area contributed by atoms with E-state index in [-0.39, 0.29) is 12.2 Å². The van der Waals surface area contributed by atoms with Gasteiger partial charge in [0, 0.05) is 35.5 Å². The predicted octanol–water partition coefficient (Wildman–Crippen LogP) is 1.84. The van der Waals surface area contributed by atoms with Crippen LogP contribution in [0, 0.1) is 0 Å². The quantitative estimate of drug-likeness (QED) is 0.156. The molecule has 1 aliphatic carbocycles. The van der Waals surface area contributed by atoms with Crippen molar-refractivity contribution in [1.82, 2.24) is 0 Å². The van der Waals surface area contributed by atoms with Gasteiger partial charge in [-0.25, -0.2) is 0 Å². The first-order valence-electron chi connectivity index (χ1n) is 10.4. The lowest BCUT2D eigenvalue weighted by Crippen LogP contribution is -2.60. The number of hydrogen-bond donors (Lipinski definition) is 1. The number of carbonyl (C=O) groups excluding carboxylic acids is 3. The van der Waals surface area contributed by atoms with Crippen molar-refractivity contribution < 1.29 is 43.2 Å². The van der Waals surface area contributed by atoms with Gasteiger partial charge >= 0.3 is 17.9 Å². The summed E-state index contributed by atoms with van der Waals surface area (Å²) in [7, 11) is 0. The zero-order valence-electron chi connectivity index (χ0n) is 19.3. The highest BCUT2D eigenvalue weighted by Gasteiger charge is 2.51. The normalized spacial score (nSPS) is 31.1. The molecule has 0 spiro atoms. The van der Waals surface area contributed by atoms with E-state index in [9.17, 15) is 19.5 Å². The maximum absolute atomic E-state index is 11.9. The summed E-state index contributed by atoms with van der Waals surface area (Å²) in [5.74, 6) is -2.46. The molecule has 1 fully saturated rings. The number of carbonyl (C=O) groups is 3. The Morgan fingerprint density at radius 2 is 1.44 bits per heavy atom. The molecule has 0 aromatic rings. The lowest BCUT2D eigenvalue weighted by atomic mass is 9.84. The maximum Gasteiger partial charge on any atom is 0.303 e. The van der Waals surface area contributed by atoms with Gasteiger partial charge in [0.25, 0.3) is 0 Å². The van der Waals surface area contributed by atoms with Gasteiger partial charge in [0.1, 0.15) is 36.7 Å². The smallest absolute Gasteiger partial charge is 0.303 e. The molecular weight excluding hydrogens is 486 g/mol. The molecule has 1 N–H and O–H groups in total. The van der Waals surface area contributed by atoms with Crippen LogP contribution in [0.25, 0.3) is 31.3 Å². The summed E-state index contributed by atoms with van der Waals surface area (Å²) in [4.78, 5) is 43.5. The second-order valence-electron chi connectivity index (χ2n) is 7.58. The van der Waals surface area contributed by atoms with Crippen LogP contribution in [-0.2, 0) is 38.1 Å². The third-order valence-corrected chi connectivity index (χ3v) is 5.06. The summed E-state index contributed by atoms with van der Waals surface area (Å²) in [5, 5.41) is 20.4. The first-order chi connectivity index (χ1) is 17.1. The molecule has 0 radical (unpaired) electrons. The van der Waals surface area contributed by atoms with Gasteiger partial charge in [-0.15, -0.1) is 0 Å². The number of rotatable bonds is 9. The highest BCUT2D eigenvalue weighted by atomic mass is 16.7. The molecule has 0 unspecified atom stereocenters. The van der Waals surface area contributed by atoms with E-state index in [0.29, 0.717) is 0 Å². The third-order valence-electron chi connectivity index (χ3n) is 5.06. The fourth-order valence-corrected chi connectivity index (χ4v) is 3.85. The Kier molecular flexibility index (Phi) is 10.2. The van der Waals surface area contributed by atoms with Gasteiger partial charge in [-0.2, -0.15) is 0 Å². The molecule has 18 nitrogen and oxygen atoms in total. The fourth-order valence-electron chi connectivity index (χ4n) is 3.85. The van der Waals surface area contributed by atoms with Crippen LogP contribution in [-0.4, -0.2) is 78.5 Å². The highest BCUT2D eigenvalue weighted by molar-refractivity contribution is 5.67. The Labute approximate surface area is 202 Å². The molecule has 0 aromatic carbocycles. The van der Waals surface area contributed by atoms with Crippen LogP contribution in [0.5, 0.6) is 0 Å². The number of azide groups is 3. The van der Waals surface area contributed by atoms with Crippen molar-refractivity contribution in [3.05, 3.63) is 43.2 Å². The molecule has 0 amide bonds. The number of hydrogen-bond acceptors (Lipinski definition) is 12. The Morgan fingerprint density at radius 1 is 0.917 bits per heavy atom. The lowest BCUT2D eigenvalue weighted by Gasteiger charge is -2.45. The van der Waals surface area contributed by atoms with Crippen LogP contribution in [0.2, 0.25) is 0 Å². The molecule has 0 aromatic heterocycles. The summed E-state index contributed by atoms with van der Waals surface area (Å²) in [6.45, 7) is 2.61. The van der Waals surface area contributed by atoms with E-state index in [2.05, 4.69) is 30.1 Å². The van der Waals surface area contributed by atoms with Crippen LogP contribution < -0.4 is 0 Å². The van der Waals surface area contributed by atoms with Gasteiger partial charge in [0.2, 0.25) is 6.29 Å². The van der Waals surface area contributed by atoms with E-state index >= 15 is 0 Å². The van der Waals surface area contributed by atoms with Gasteiger partial charge in [0.15, 0.2) is 6.10 Å². The van der Waals surface area contributed by atoms with Crippen molar-refractivity contribution in [1.29, 1.82) is 0 Å².